The van der Waals surface area contributed by atoms with Crippen molar-refractivity contribution in [1.29, 1.82) is 0 Å². The van der Waals surface area contributed by atoms with Crippen LogP contribution in [0.4, 0.5) is 0 Å². The molecule has 3 N–H and O–H groups in total. The Morgan fingerprint density at radius 1 is 1.67 bits per heavy atom. The third kappa shape index (κ3) is 3.99. The summed E-state index contributed by atoms with van der Waals surface area (Å²) < 4.78 is 0. The van der Waals surface area contributed by atoms with Crippen LogP contribution in [0.25, 0.3) is 0 Å². The molecule has 1 atom stereocenters. The van der Waals surface area contributed by atoms with Crippen molar-refractivity contribution in [3.05, 3.63) is 24.3 Å². The van der Waals surface area contributed by atoms with E-state index in [-0.39, 0.29) is 17.6 Å². The maximum Gasteiger partial charge on any atom is 0.271 e. The van der Waals surface area contributed by atoms with Crippen LogP contribution in [0.1, 0.15) is 23.8 Å². The van der Waals surface area contributed by atoms with Crippen molar-refractivity contribution in [1.82, 2.24) is 15.3 Å². The van der Waals surface area contributed by atoms with E-state index in [4.69, 9.17) is 18.0 Å². The summed E-state index contributed by atoms with van der Waals surface area (Å²) in [4.78, 5) is 19.6. The number of thiocarbonyl (C=S) groups is 1. The highest BCUT2D eigenvalue weighted by Gasteiger charge is 2.11. The highest BCUT2D eigenvalue weighted by atomic mass is 32.1. The molecule has 1 heterocycles. The zero-order valence-electron chi connectivity index (χ0n) is 8.30. The van der Waals surface area contributed by atoms with Gasteiger partial charge in [-0.05, 0) is 6.92 Å². The van der Waals surface area contributed by atoms with Crippen LogP contribution in [-0.4, -0.2) is 26.9 Å². The van der Waals surface area contributed by atoms with Gasteiger partial charge in [-0.3, -0.25) is 9.78 Å². The van der Waals surface area contributed by atoms with Gasteiger partial charge in [-0.1, -0.05) is 12.2 Å². The number of nitrogens with zero attached hydrogens (tertiary/aromatic N) is 2. The molecule has 0 aliphatic carbocycles. The van der Waals surface area contributed by atoms with Gasteiger partial charge in [-0.25, -0.2) is 4.98 Å². The number of carbonyl (C=O) groups is 1. The topological polar surface area (TPSA) is 80.9 Å². The first-order valence-electron chi connectivity index (χ1n) is 4.44. The molecule has 15 heavy (non-hydrogen) atoms. The Kier molecular flexibility index (Phi) is 4.11. The Morgan fingerprint density at radius 3 is 2.93 bits per heavy atom. The number of aromatic nitrogens is 2. The summed E-state index contributed by atoms with van der Waals surface area (Å²) in [6.07, 6.45) is 4.85. The van der Waals surface area contributed by atoms with Gasteiger partial charge in [-0.15, -0.1) is 0 Å². The van der Waals surface area contributed by atoms with Crippen molar-refractivity contribution in [3.8, 4) is 0 Å². The van der Waals surface area contributed by atoms with E-state index in [1.165, 1.54) is 18.6 Å². The fourth-order valence-corrected chi connectivity index (χ4v) is 1.32. The van der Waals surface area contributed by atoms with E-state index in [9.17, 15) is 4.79 Å². The average molecular weight is 224 g/mol. The molecule has 0 radical (unpaired) electrons. The first-order chi connectivity index (χ1) is 7.09. The molecule has 0 fully saturated rings. The number of rotatable bonds is 4. The first-order valence-corrected chi connectivity index (χ1v) is 4.85. The van der Waals surface area contributed by atoms with Gasteiger partial charge in [0.2, 0.25) is 0 Å². The Morgan fingerprint density at radius 2 is 2.40 bits per heavy atom. The zero-order chi connectivity index (χ0) is 11.3. The van der Waals surface area contributed by atoms with Crippen molar-refractivity contribution >= 4 is 23.1 Å². The second kappa shape index (κ2) is 5.35. The molecule has 0 aliphatic rings. The van der Waals surface area contributed by atoms with Crippen LogP contribution in [0.15, 0.2) is 18.6 Å². The minimum Gasteiger partial charge on any atom is -0.393 e. The molecule has 0 bridgehead atoms. The van der Waals surface area contributed by atoms with E-state index in [2.05, 4.69) is 15.3 Å². The molecule has 0 aromatic carbocycles. The summed E-state index contributed by atoms with van der Waals surface area (Å²) in [6.45, 7) is 1.83. The van der Waals surface area contributed by atoms with E-state index in [1.54, 1.807) is 0 Å². The smallest absolute Gasteiger partial charge is 0.271 e. The van der Waals surface area contributed by atoms with Crippen molar-refractivity contribution in [3.63, 3.8) is 0 Å². The van der Waals surface area contributed by atoms with E-state index < -0.39 is 0 Å². The van der Waals surface area contributed by atoms with Crippen molar-refractivity contribution in [2.45, 2.75) is 19.4 Å². The minimum absolute atomic E-state index is 0.1000. The molecule has 1 unspecified atom stereocenters. The standard InChI is InChI=1S/C9H12N4OS/c1-6(4-8(10)15)13-9(14)7-5-11-2-3-12-7/h2-3,5-6H,4H2,1H3,(H2,10,15)(H,13,14). The molecule has 0 spiro atoms. The molecule has 0 saturated carbocycles. The molecule has 80 valence electrons. The quantitative estimate of drug-likeness (QED) is 0.717. The van der Waals surface area contributed by atoms with Gasteiger partial charge in [0.25, 0.3) is 5.91 Å². The number of nitrogens with two attached hydrogens (primary N) is 1. The van der Waals surface area contributed by atoms with E-state index in [0.717, 1.165) is 0 Å². The van der Waals surface area contributed by atoms with Gasteiger partial charge in [0.1, 0.15) is 5.69 Å². The molecule has 6 heteroatoms. The third-order valence-corrected chi connectivity index (χ3v) is 1.85. The maximum atomic E-state index is 11.5. The van der Waals surface area contributed by atoms with Gasteiger partial charge in [0.15, 0.2) is 0 Å². The molecule has 1 aromatic rings. The summed E-state index contributed by atoms with van der Waals surface area (Å²) >= 11 is 4.74. The van der Waals surface area contributed by atoms with Crippen LogP contribution in [0, 0.1) is 0 Å². The number of carbonyl (C=O) groups excluding carboxylic acids is 1. The Balaban J connectivity index is 2.53. The molecule has 1 aromatic heterocycles. The summed E-state index contributed by atoms with van der Waals surface area (Å²) in [5.41, 5.74) is 5.64. The number of hydrogen-bond acceptors (Lipinski definition) is 4. The van der Waals surface area contributed by atoms with Crippen molar-refractivity contribution < 1.29 is 4.79 Å². The van der Waals surface area contributed by atoms with Crippen LogP contribution >= 0.6 is 12.2 Å². The van der Waals surface area contributed by atoms with Crippen LogP contribution < -0.4 is 11.1 Å². The second-order valence-electron chi connectivity index (χ2n) is 3.14. The van der Waals surface area contributed by atoms with E-state index in [0.29, 0.717) is 11.4 Å². The fraction of sp³-hybridized carbons (Fsp3) is 0.333. The highest BCUT2D eigenvalue weighted by molar-refractivity contribution is 7.80. The lowest BCUT2D eigenvalue weighted by Gasteiger charge is -2.11. The van der Waals surface area contributed by atoms with Crippen LogP contribution in [0.5, 0.6) is 0 Å². The Labute approximate surface area is 93.1 Å². The number of amides is 1. The van der Waals surface area contributed by atoms with Crippen LogP contribution in [0.3, 0.4) is 0 Å². The molecule has 1 amide bonds. The van der Waals surface area contributed by atoms with Crippen molar-refractivity contribution in [2.75, 3.05) is 0 Å². The Bertz CT molecular complexity index is 354. The summed E-state index contributed by atoms with van der Waals surface area (Å²) in [7, 11) is 0. The number of hydrogen-bond donors (Lipinski definition) is 2. The molecule has 0 saturated heterocycles. The lowest BCUT2D eigenvalue weighted by atomic mass is 10.2. The van der Waals surface area contributed by atoms with Gasteiger partial charge in [-0.2, -0.15) is 0 Å². The van der Waals surface area contributed by atoms with Gasteiger partial charge in [0, 0.05) is 24.9 Å². The molecule has 1 rings (SSSR count). The van der Waals surface area contributed by atoms with E-state index in [1.807, 2.05) is 6.92 Å². The Hall–Kier alpha value is -1.56. The normalized spacial score (nSPS) is 11.8. The summed E-state index contributed by atoms with van der Waals surface area (Å²) in [5.74, 6) is -0.271. The van der Waals surface area contributed by atoms with Gasteiger partial charge in [0.05, 0.1) is 11.2 Å². The fourth-order valence-electron chi connectivity index (χ4n) is 1.07. The molecule has 5 nitrogen and oxygen atoms in total. The van der Waals surface area contributed by atoms with Gasteiger partial charge >= 0.3 is 0 Å². The van der Waals surface area contributed by atoms with E-state index >= 15 is 0 Å². The number of nitrogens with one attached hydrogen (secondary N) is 1. The highest BCUT2D eigenvalue weighted by Crippen LogP contribution is 1.95. The molecular formula is C9H12N4OS. The maximum absolute atomic E-state index is 11.5. The molecular weight excluding hydrogens is 212 g/mol. The van der Waals surface area contributed by atoms with Crippen LogP contribution in [0.2, 0.25) is 0 Å². The third-order valence-electron chi connectivity index (χ3n) is 1.68. The largest absolute Gasteiger partial charge is 0.393 e. The SMILES string of the molecule is CC(CC(N)=S)NC(=O)c1cnccn1. The average Bonchev–Trinajstić information content (AvgIpc) is 2.17. The summed E-state index contributed by atoms with van der Waals surface area (Å²) in [5, 5.41) is 2.72. The lowest BCUT2D eigenvalue weighted by molar-refractivity contribution is 0.0936. The predicted molar refractivity (Wildman–Crippen MR) is 60.4 cm³/mol. The minimum atomic E-state index is -0.271. The monoisotopic (exact) mass is 224 g/mol. The first kappa shape index (κ1) is 11.5. The lowest BCUT2D eigenvalue weighted by Crippen LogP contribution is -2.35. The zero-order valence-corrected chi connectivity index (χ0v) is 9.12. The molecule has 0 aliphatic heterocycles. The summed E-state index contributed by atoms with van der Waals surface area (Å²) in [6, 6.07) is -0.1000. The van der Waals surface area contributed by atoms with Crippen LogP contribution in [-0.2, 0) is 0 Å². The predicted octanol–water partition coefficient (Wildman–Crippen LogP) is 0.271. The van der Waals surface area contributed by atoms with Crippen molar-refractivity contribution in [2.24, 2.45) is 5.73 Å². The van der Waals surface area contributed by atoms with Gasteiger partial charge < -0.3 is 11.1 Å². The second-order valence-corrected chi connectivity index (χ2v) is 3.66.